The second kappa shape index (κ2) is 6.57. The normalized spacial score (nSPS) is 21.8. The molecule has 1 heterocycles. The zero-order chi connectivity index (χ0) is 12.0. The third-order valence-electron chi connectivity index (χ3n) is 3.19. The Morgan fingerprint density at radius 2 is 2.06 bits per heavy atom. The van der Waals surface area contributed by atoms with Gasteiger partial charge in [-0.15, -0.1) is 0 Å². The van der Waals surface area contributed by atoms with Crippen LogP contribution < -0.4 is 5.32 Å². The Morgan fingerprint density at radius 1 is 1.31 bits per heavy atom. The monoisotopic (exact) mass is 248 g/mol. The molecule has 96 valence electrons. The smallest absolute Gasteiger partial charge is 0.151 e. The van der Waals surface area contributed by atoms with E-state index >= 15 is 0 Å². The summed E-state index contributed by atoms with van der Waals surface area (Å²) in [7, 11) is -2.82. The van der Waals surface area contributed by atoms with Gasteiger partial charge in [-0.05, 0) is 25.9 Å². The van der Waals surface area contributed by atoms with Gasteiger partial charge in [0.2, 0.25) is 0 Å². The quantitative estimate of drug-likeness (QED) is 0.712. The van der Waals surface area contributed by atoms with Gasteiger partial charge in [0.05, 0.1) is 5.75 Å². The summed E-state index contributed by atoms with van der Waals surface area (Å²) >= 11 is 0. The zero-order valence-electron chi connectivity index (χ0n) is 10.4. The van der Waals surface area contributed by atoms with Crippen LogP contribution in [0.4, 0.5) is 0 Å². The van der Waals surface area contributed by atoms with E-state index in [9.17, 15) is 8.42 Å². The first-order chi connectivity index (χ1) is 7.59. The molecule has 0 radical (unpaired) electrons. The number of rotatable bonds is 7. The summed E-state index contributed by atoms with van der Waals surface area (Å²) in [5.41, 5.74) is 0. The Kier molecular flexibility index (Phi) is 5.72. The van der Waals surface area contributed by atoms with Gasteiger partial charge >= 0.3 is 0 Å². The highest BCUT2D eigenvalue weighted by Gasteiger charge is 2.22. The van der Waals surface area contributed by atoms with Crippen molar-refractivity contribution in [3.8, 4) is 0 Å². The number of hydrogen-bond acceptors (Lipinski definition) is 4. The lowest BCUT2D eigenvalue weighted by Gasteiger charge is -2.27. The van der Waals surface area contributed by atoms with E-state index in [1.807, 2.05) is 0 Å². The Bertz CT molecular complexity index is 284. The fraction of sp³-hybridized carbons (Fsp3) is 1.00. The average Bonchev–Trinajstić information content (AvgIpc) is 2.77. The highest BCUT2D eigenvalue weighted by Crippen LogP contribution is 2.09. The maximum absolute atomic E-state index is 11.5. The zero-order valence-corrected chi connectivity index (χ0v) is 11.2. The average molecular weight is 248 g/mol. The van der Waals surface area contributed by atoms with E-state index in [4.69, 9.17) is 0 Å². The van der Waals surface area contributed by atoms with Gasteiger partial charge in [-0.25, -0.2) is 8.42 Å². The summed E-state index contributed by atoms with van der Waals surface area (Å²) in [6.07, 6.45) is 2.23. The highest BCUT2D eigenvalue weighted by molar-refractivity contribution is 7.91. The molecule has 1 N–H and O–H groups in total. The Labute approximate surface area is 99.3 Å². The van der Waals surface area contributed by atoms with E-state index in [1.165, 1.54) is 0 Å². The summed E-state index contributed by atoms with van der Waals surface area (Å²) in [5, 5.41) is 3.33. The molecule has 5 heteroatoms. The van der Waals surface area contributed by atoms with Gasteiger partial charge in [0.25, 0.3) is 0 Å². The maximum atomic E-state index is 11.5. The third kappa shape index (κ3) is 4.39. The van der Waals surface area contributed by atoms with Crippen molar-refractivity contribution in [1.29, 1.82) is 0 Å². The summed E-state index contributed by atoms with van der Waals surface area (Å²) in [5.74, 6) is 0.565. The molecule has 0 aromatic heterocycles. The molecule has 1 atom stereocenters. The van der Waals surface area contributed by atoms with Crippen LogP contribution in [0.3, 0.4) is 0 Å². The van der Waals surface area contributed by atoms with Crippen LogP contribution in [0, 0.1) is 0 Å². The van der Waals surface area contributed by atoms with Crippen molar-refractivity contribution >= 4 is 9.84 Å². The first kappa shape index (κ1) is 13.9. The predicted molar refractivity (Wildman–Crippen MR) is 67.5 cm³/mol. The molecule has 1 unspecified atom stereocenters. The van der Waals surface area contributed by atoms with Crippen molar-refractivity contribution < 1.29 is 8.42 Å². The first-order valence-electron chi connectivity index (χ1n) is 6.24. The van der Waals surface area contributed by atoms with E-state index in [0.717, 1.165) is 32.5 Å². The summed E-state index contributed by atoms with van der Waals surface area (Å²) in [6.45, 7) is 7.62. The van der Waals surface area contributed by atoms with Crippen LogP contribution in [0.15, 0.2) is 0 Å². The van der Waals surface area contributed by atoms with Gasteiger partial charge in [0.15, 0.2) is 9.84 Å². The van der Waals surface area contributed by atoms with Crippen molar-refractivity contribution in [3.63, 3.8) is 0 Å². The lowest BCUT2D eigenvalue weighted by atomic mass is 10.2. The third-order valence-corrected chi connectivity index (χ3v) is 4.88. The van der Waals surface area contributed by atoms with E-state index in [-0.39, 0.29) is 5.75 Å². The minimum atomic E-state index is -2.82. The molecule has 0 amide bonds. The Morgan fingerprint density at radius 3 is 2.56 bits per heavy atom. The van der Waals surface area contributed by atoms with Crippen molar-refractivity contribution in [2.75, 3.05) is 37.7 Å². The standard InChI is InChI=1S/C11H24N2O2S/c1-3-7-13(11-5-6-12-10-11)8-9-16(14,15)4-2/h11-12H,3-10H2,1-2H3. The molecular weight excluding hydrogens is 224 g/mol. The molecule has 0 spiro atoms. The second-order valence-corrected chi connectivity index (χ2v) is 6.89. The van der Waals surface area contributed by atoms with Crippen LogP contribution in [0.25, 0.3) is 0 Å². The van der Waals surface area contributed by atoms with Crippen LogP contribution in [0.2, 0.25) is 0 Å². The van der Waals surface area contributed by atoms with Crippen molar-refractivity contribution in [2.45, 2.75) is 32.7 Å². The maximum Gasteiger partial charge on any atom is 0.151 e. The predicted octanol–water partition coefficient (Wildman–Crippen LogP) is 0.495. The van der Waals surface area contributed by atoms with E-state index < -0.39 is 9.84 Å². The molecule has 0 saturated carbocycles. The molecule has 16 heavy (non-hydrogen) atoms. The van der Waals surface area contributed by atoms with Gasteiger partial charge in [-0.3, -0.25) is 4.90 Å². The van der Waals surface area contributed by atoms with E-state index in [2.05, 4.69) is 17.1 Å². The molecule has 1 saturated heterocycles. The lowest BCUT2D eigenvalue weighted by Crippen LogP contribution is -2.40. The van der Waals surface area contributed by atoms with Crippen LogP contribution >= 0.6 is 0 Å². The lowest BCUT2D eigenvalue weighted by molar-refractivity contribution is 0.220. The van der Waals surface area contributed by atoms with Gasteiger partial charge < -0.3 is 5.32 Å². The molecule has 1 aliphatic heterocycles. The molecule has 0 aromatic carbocycles. The topological polar surface area (TPSA) is 49.4 Å². The van der Waals surface area contributed by atoms with Gasteiger partial charge in [0, 0.05) is 24.9 Å². The van der Waals surface area contributed by atoms with Gasteiger partial charge in [-0.2, -0.15) is 0 Å². The molecule has 1 aliphatic rings. The van der Waals surface area contributed by atoms with Gasteiger partial charge in [-0.1, -0.05) is 13.8 Å². The largest absolute Gasteiger partial charge is 0.315 e. The van der Waals surface area contributed by atoms with Crippen molar-refractivity contribution in [2.24, 2.45) is 0 Å². The molecule has 0 bridgehead atoms. The molecule has 4 nitrogen and oxygen atoms in total. The summed E-state index contributed by atoms with van der Waals surface area (Å²) in [4.78, 5) is 2.33. The van der Waals surface area contributed by atoms with Crippen LogP contribution in [-0.4, -0.2) is 57.0 Å². The van der Waals surface area contributed by atoms with Crippen molar-refractivity contribution in [3.05, 3.63) is 0 Å². The van der Waals surface area contributed by atoms with Crippen molar-refractivity contribution in [1.82, 2.24) is 10.2 Å². The van der Waals surface area contributed by atoms with Crippen LogP contribution in [-0.2, 0) is 9.84 Å². The molecule has 1 fully saturated rings. The molecule has 0 aliphatic carbocycles. The Hall–Kier alpha value is -0.130. The number of nitrogens with zero attached hydrogens (tertiary/aromatic N) is 1. The molecule has 0 aromatic rings. The second-order valence-electron chi connectivity index (χ2n) is 4.42. The number of sulfone groups is 1. The van der Waals surface area contributed by atoms with E-state index in [1.54, 1.807) is 6.92 Å². The number of hydrogen-bond donors (Lipinski definition) is 1. The highest BCUT2D eigenvalue weighted by atomic mass is 32.2. The van der Waals surface area contributed by atoms with E-state index in [0.29, 0.717) is 18.3 Å². The van der Waals surface area contributed by atoms with Crippen LogP contribution in [0.1, 0.15) is 26.7 Å². The number of nitrogens with one attached hydrogen (secondary N) is 1. The molecule has 1 rings (SSSR count). The summed E-state index contributed by atoms with van der Waals surface area (Å²) in [6, 6.07) is 0.534. The summed E-state index contributed by atoms with van der Waals surface area (Å²) < 4.78 is 23.0. The Balaban J connectivity index is 2.44. The first-order valence-corrected chi connectivity index (χ1v) is 8.06. The fourth-order valence-corrected chi connectivity index (χ4v) is 2.92. The van der Waals surface area contributed by atoms with Crippen LogP contribution in [0.5, 0.6) is 0 Å². The SMILES string of the molecule is CCCN(CCS(=O)(=O)CC)C1CCNC1. The fourth-order valence-electron chi connectivity index (χ4n) is 2.12. The molecular formula is C11H24N2O2S. The minimum absolute atomic E-state index is 0.260. The van der Waals surface area contributed by atoms with Gasteiger partial charge in [0.1, 0.15) is 0 Å². The minimum Gasteiger partial charge on any atom is -0.315 e.